The van der Waals surface area contributed by atoms with E-state index in [1.54, 1.807) is 11.3 Å². The Morgan fingerprint density at radius 3 is 2.37 bits per heavy atom. The molecule has 0 unspecified atom stereocenters. The van der Waals surface area contributed by atoms with Gasteiger partial charge >= 0.3 is 0 Å². The molecule has 3 heterocycles. The van der Waals surface area contributed by atoms with Crippen molar-refractivity contribution in [3.63, 3.8) is 0 Å². The zero-order chi connectivity index (χ0) is 29.8. The minimum absolute atomic E-state index is 0.0102. The summed E-state index contributed by atoms with van der Waals surface area (Å²) in [7, 11) is 0. The second-order valence-corrected chi connectivity index (χ2v) is 16.4. The summed E-state index contributed by atoms with van der Waals surface area (Å²) in [6, 6.07) is 8.38. The van der Waals surface area contributed by atoms with Gasteiger partial charge in [-0.15, -0.1) is 11.3 Å². The van der Waals surface area contributed by atoms with Crippen LogP contribution >= 0.6 is 11.3 Å². The number of carbonyl (C=O) groups is 1. The van der Waals surface area contributed by atoms with Crippen LogP contribution in [-0.2, 0) is 15.6 Å². The Balaban J connectivity index is 1.09. The summed E-state index contributed by atoms with van der Waals surface area (Å²) in [5.41, 5.74) is 1.93. The third kappa shape index (κ3) is 4.28. The predicted molar refractivity (Wildman–Crippen MR) is 165 cm³/mol. The van der Waals surface area contributed by atoms with Gasteiger partial charge in [-0.3, -0.25) is 9.78 Å². The molecule has 3 aromatic heterocycles. The van der Waals surface area contributed by atoms with E-state index in [2.05, 4.69) is 60.2 Å². The first-order valence-electron chi connectivity index (χ1n) is 15.6. The Kier molecular flexibility index (Phi) is 5.68. The lowest BCUT2D eigenvalue weighted by Gasteiger charge is -2.65. The van der Waals surface area contributed by atoms with Crippen LogP contribution in [0, 0.1) is 17.8 Å². The number of nitrogens with zero attached hydrogens (tertiary/aromatic N) is 5. The molecule has 7 nitrogen and oxygen atoms in total. The molecule has 0 radical (unpaired) electrons. The number of pyridine rings is 1. The van der Waals surface area contributed by atoms with Gasteiger partial charge in [0.2, 0.25) is 11.8 Å². The Hall–Kier alpha value is -3.20. The van der Waals surface area contributed by atoms with Crippen LogP contribution in [-0.4, -0.2) is 38.2 Å². The summed E-state index contributed by atoms with van der Waals surface area (Å²) < 4.78 is 21.6. The molecule has 6 saturated carbocycles. The standard InChI is InChI=1S/C34H38FN5O2S/c1-21-37-25-6-5-22(14-26(25)43-21)23-13-24(16-36-15-23)40(29(41)33-17-34(35,18-33)19-33)20-31-7-10-32(11-8-31,12-9-31)28-38-27(39-42-28)30(2,3)4/h5-6,13-16H,7-12,17-20H2,1-4H3. The van der Waals surface area contributed by atoms with Crippen LogP contribution in [0.2, 0.25) is 0 Å². The molecule has 224 valence electrons. The highest BCUT2D eigenvalue weighted by atomic mass is 32.1. The molecule has 0 atom stereocenters. The Labute approximate surface area is 255 Å². The van der Waals surface area contributed by atoms with Gasteiger partial charge < -0.3 is 9.42 Å². The number of hydrogen-bond acceptors (Lipinski definition) is 7. The first kappa shape index (κ1) is 27.4. The third-order valence-corrected chi connectivity index (χ3v) is 11.9. The van der Waals surface area contributed by atoms with Gasteiger partial charge in [0.05, 0.1) is 32.5 Å². The fourth-order valence-corrected chi connectivity index (χ4v) is 9.18. The van der Waals surface area contributed by atoms with Crippen LogP contribution in [0.1, 0.15) is 95.3 Å². The van der Waals surface area contributed by atoms with Gasteiger partial charge in [-0.1, -0.05) is 32.0 Å². The summed E-state index contributed by atoms with van der Waals surface area (Å²) in [6.07, 6.45) is 10.7. The topological polar surface area (TPSA) is 85.0 Å². The largest absolute Gasteiger partial charge is 0.339 e. The molecular formula is C34H38FN5O2S. The lowest BCUT2D eigenvalue weighted by Crippen LogP contribution is -2.71. The summed E-state index contributed by atoms with van der Waals surface area (Å²) in [5, 5.41) is 5.36. The van der Waals surface area contributed by atoms with Crippen molar-refractivity contribution in [2.45, 2.75) is 102 Å². The molecule has 6 fully saturated rings. The van der Waals surface area contributed by atoms with Gasteiger partial charge in [0, 0.05) is 29.1 Å². The zero-order valence-corrected chi connectivity index (χ0v) is 26.2. The molecule has 0 spiro atoms. The first-order chi connectivity index (χ1) is 20.4. The van der Waals surface area contributed by atoms with Crippen molar-refractivity contribution in [3.05, 3.63) is 53.4 Å². The third-order valence-electron chi connectivity index (χ3n) is 11.0. The molecule has 0 N–H and O–H groups in total. The quantitative estimate of drug-likeness (QED) is 0.224. The zero-order valence-electron chi connectivity index (χ0n) is 25.4. The van der Waals surface area contributed by atoms with Crippen molar-refractivity contribution in [2.75, 3.05) is 11.4 Å². The van der Waals surface area contributed by atoms with E-state index in [0.29, 0.717) is 25.8 Å². The highest BCUT2D eigenvalue weighted by Crippen LogP contribution is 2.70. The molecule has 0 saturated heterocycles. The fraction of sp³-hybridized carbons (Fsp3) is 0.559. The van der Waals surface area contributed by atoms with Gasteiger partial charge in [0.1, 0.15) is 5.67 Å². The van der Waals surface area contributed by atoms with Crippen molar-refractivity contribution >= 4 is 33.1 Å². The van der Waals surface area contributed by atoms with E-state index in [1.807, 2.05) is 24.2 Å². The average molecular weight is 600 g/mol. The van der Waals surface area contributed by atoms with E-state index < -0.39 is 11.1 Å². The molecule has 1 amide bonds. The van der Waals surface area contributed by atoms with Crippen molar-refractivity contribution in [1.82, 2.24) is 20.1 Å². The number of benzene rings is 1. The Morgan fingerprint density at radius 1 is 1.00 bits per heavy atom. The number of rotatable bonds is 6. The number of alkyl halides is 1. The number of halogens is 1. The lowest BCUT2D eigenvalue weighted by molar-refractivity contribution is -0.211. The van der Waals surface area contributed by atoms with Crippen molar-refractivity contribution in [3.8, 4) is 11.1 Å². The van der Waals surface area contributed by atoms with E-state index >= 15 is 0 Å². The number of thiazole rings is 1. The predicted octanol–water partition coefficient (Wildman–Crippen LogP) is 7.86. The maximum atomic E-state index is 14.6. The Bertz CT molecular complexity index is 1730. The van der Waals surface area contributed by atoms with Crippen LogP contribution in [0.5, 0.6) is 0 Å². The van der Waals surface area contributed by atoms with Crippen LogP contribution in [0.4, 0.5) is 10.1 Å². The van der Waals surface area contributed by atoms with E-state index in [1.165, 1.54) is 0 Å². The second-order valence-electron chi connectivity index (χ2n) is 15.2. The average Bonchev–Trinajstić information content (AvgIpc) is 3.61. The SMILES string of the molecule is Cc1nc2ccc(-c3cncc(N(CC45CCC(c6nc(C(C)(C)C)no6)(CC4)CC5)C(=O)C45CC(F)(C4)C5)c3)cc2s1. The maximum absolute atomic E-state index is 14.6. The second kappa shape index (κ2) is 8.93. The minimum atomic E-state index is -1.13. The maximum Gasteiger partial charge on any atom is 0.233 e. The van der Waals surface area contributed by atoms with E-state index in [0.717, 1.165) is 82.3 Å². The normalized spacial score (nSPS) is 31.1. The van der Waals surface area contributed by atoms with E-state index in [9.17, 15) is 9.18 Å². The van der Waals surface area contributed by atoms with Gasteiger partial charge in [0.25, 0.3) is 0 Å². The van der Waals surface area contributed by atoms with Gasteiger partial charge in [-0.25, -0.2) is 9.37 Å². The molecule has 0 aliphatic heterocycles. The van der Waals surface area contributed by atoms with Crippen LogP contribution in [0.3, 0.4) is 0 Å². The van der Waals surface area contributed by atoms with Crippen LogP contribution < -0.4 is 4.90 Å². The number of aryl methyl sites for hydroxylation is 1. The summed E-state index contributed by atoms with van der Waals surface area (Å²) in [5.74, 6) is 1.62. The van der Waals surface area contributed by atoms with Gasteiger partial charge in [-0.2, -0.15) is 4.98 Å². The number of carbonyl (C=O) groups excluding carboxylic acids is 1. The number of amides is 1. The molecule has 1 aromatic carbocycles. The summed E-state index contributed by atoms with van der Waals surface area (Å²) in [6.45, 7) is 8.98. The number of anilines is 1. The minimum Gasteiger partial charge on any atom is -0.339 e. The van der Waals surface area contributed by atoms with Crippen molar-refractivity contribution < 1.29 is 13.7 Å². The highest BCUT2D eigenvalue weighted by molar-refractivity contribution is 7.18. The highest BCUT2D eigenvalue weighted by Gasteiger charge is 2.73. The molecule has 6 aliphatic rings. The summed E-state index contributed by atoms with van der Waals surface area (Å²) >= 11 is 1.68. The molecule has 4 bridgehead atoms. The van der Waals surface area contributed by atoms with Gasteiger partial charge in [0.15, 0.2) is 5.82 Å². The van der Waals surface area contributed by atoms with Crippen LogP contribution in [0.15, 0.2) is 41.2 Å². The van der Waals surface area contributed by atoms with Crippen molar-refractivity contribution in [1.29, 1.82) is 0 Å². The number of fused-ring (bicyclic) bond motifs is 4. The first-order valence-corrected chi connectivity index (χ1v) is 16.4. The Morgan fingerprint density at radius 2 is 1.72 bits per heavy atom. The van der Waals surface area contributed by atoms with E-state index in [-0.39, 0.29) is 22.2 Å². The molecule has 6 aliphatic carbocycles. The van der Waals surface area contributed by atoms with Crippen molar-refractivity contribution in [2.24, 2.45) is 10.8 Å². The van der Waals surface area contributed by atoms with Gasteiger partial charge in [-0.05, 0) is 93.9 Å². The van der Waals surface area contributed by atoms with E-state index in [4.69, 9.17) is 9.51 Å². The molecule has 9 heteroatoms. The smallest absolute Gasteiger partial charge is 0.233 e. The number of hydrogen-bond donors (Lipinski definition) is 0. The molecule has 10 rings (SSSR count). The molecular weight excluding hydrogens is 561 g/mol. The molecule has 43 heavy (non-hydrogen) atoms. The number of aromatic nitrogens is 4. The fourth-order valence-electron chi connectivity index (χ4n) is 8.31. The van der Waals surface area contributed by atoms with Crippen LogP contribution in [0.25, 0.3) is 21.3 Å². The molecule has 4 aromatic rings. The lowest BCUT2D eigenvalue weighted by atomic mass is 9.41. The summed E-state index contributed by atoms with van der Waals surface area (Å²) in [4.78, 5) is 30.3. The monoisotopic (exact) mass is 599 g/mol.